The standard InChI is InChI=1S/C9H11ClN2O.2ClH/c10-8-4-9(6-11-5-8)13-7-12-2-1-3-12;;/h4-6H,1-3,7H2;2*1H. The van der Waals surface area contributed by atoms with Gasteiger partial charge in [0.25, 0.3) is 0 Å². The van der Waals surface area contributed by atoms with E-state index in [-0.39, 0.29) is 24.8 Å². The fourth-order valence-corrected chi connectivity index (χ4v) is 1.31. The number of hydrogen-bond donors (Lipinski definition) is 0. The highest BCUT2D eigenvalue weighted by Crippen LogP contribution is 2.16. The highest BCUT2D eigenvalue weighted by Gasteiger charge is 2.13. The maximum Gasteiger partial charge on any atom is 0.142 e. The molecule has 0 saturated carbocycles. The van der Waals surface area contributed by atoms with Crippen molar-refractivity contribution in [3.63, 3.8) is 0 Å². The van der Waals surface area contributed by atoms with Crippen LogP contribution in [0.15, 0.2) is 18.5 Å². The molecule has 0 unspecified atom stereocenters. The van der Waals surface area contributed by atoms with Gasteiger partial charge in [0.2, 0.25) is 0 Å². The van der Waals surface area contributed by atoms with Crippen molar-refractivity contribution >= 4 is 36.4 Å². The lowest BCUT2D eigenvalue weighted by Gasteiger charge is -2.29. The number of aromatic nitrogens is 1. The summed E-state index contributed by atoms with van der Waals surface area (Å²) in [6, 6.07) is 1.77. The van der Waals surface area contributed by atoms with Crippen LogP contribution in [0.4, 0.5) is 0 Å². The van der Waals surface area contributed by atoms with Crippen molar-refractivity contribution in [3.05, 3.63) is 23.5 Å². The summed E-state index contributed by atoms with van der Waals surface area (Å²) in [5, 5.41) is 0.612. The van der Waals surface area contributed by atoms with E-state index in [9.17, 15) is 0 Å². The van der Waals surface area contributed by atoms with Crippen molar-refractivity contribution in [2.24, 2.45) is 0 Å². The number of nitrogens with zero attached hydrogens (tertiary/aromatic N) is 2. The van der Waals surface area contributed by atoms with Gasteiger partial charge in [0.05, 0.1) is 11.2 Å². The minimum atomic E-state index is 0. The Bertz CT molecular complexity index is 294. The first-order valence-electron chi connectivity index (χ1n) is 4.30. The summed E-state index contributed by atoms with van der Waals surface area (Å²) in [5.74, 6) is 0.736. The maximum atomic E-state index is 5.75. The average molecular weight is 272 g/mol. The van der Waals surface area contributed by atoms with Gasteiger partial charge in [0.1, 0.15) is 12.5 Å². The van der Waals surface area contributed by atoms with Gasteiger partial charge in [-0.25, -0.2) is 0 Å². The van der Waals surface area contributed by atoms with Crippen LogP contribution in [0, 0.1) is 0 Å². The minimum Gasteiger partial charge on any atom is -0.476 e. The molecule has 0 aliphatic carbocycles. The van der Waals surface area contributed by atoms with E-state index in [4.69, 9.17) is 16.3 Å². The molecule has 2 heterocycles. The molecule has 0 bridgehead atoms. The summed E-state index contributed by atoms with van der Waals surface area (Å²) in [6.07, 6.45) is 4.54. The molecular formula is C9H13Cl3N2O. The zero-order chi connectivity index (χ0) is 9.10. The molecule has 1 fully saturated rings. The van der Waals surface area contributed by atoms with E-state index in [0.29, 0.717) is 11.8 Å². The van der Waals surface area contributed by atoms with Crippen LogP contribution in [0.5, 0.6) is 5.75 Å². The SMILES string of the molecule is Cl.Cl.Clc1cncc(OCN2CCC2)c1. The summed E-state index contributed by atoms with van der Waals surface area (Å²) in [6.45, 7) is 2.91. The van der Waals surface area contributed by atoms with Crippen LogP contribution in [0.3, 0.4) is 0 Å². The van der Waals surface area contributed by atoms with Crippen LogP contribution < -0.4 is 4.74 Å². The Kier molecular flexibility index (Phi) is 7.02. The Morgan fingerprint density at radius 3 is 2.60 bits per heavy atom. The quantitative estimate of drug-likeness (QED) is 0.845. The number of pyridine rings is 1. The third-order valence-corrected chi connectivity index (χ3v) is 2.25. The Morgan fingerprint density at radius 1 is 1.33 bits per heavy atom. The molecule has 0 atom stereocenters. The third kappa shape index (κ3) is 4.43. The Labute approximate surface area is 107 Å². The van der Waals surface area contributed by atoms with Crippen LogP contribution in [0.25, 0.3) is 0 Å². The first-order valence-corrected chi connectivity index (χ1v) is 4.68. The second kappa shape index (κ2) is 7.12. The van der Waals surface area contributed by atoms with Crippen molar-refractivity contribution in [3.8, 4) is 5.75 Å². The van der Waals surface area contributed by atoms with Crippen molar-refractivity contribution in [2.75, 3.05) is 19.8 Å². The van der Waals surface area contributed by atoms with Gasteiger partial charge in [-0.15, -0.1) is 24.8 Å². The van der Waals surface area contributed by atoms with Gasteiger partial charge in [0.15, 0.2) is 0 Å². The Morgan fingerprint density at radius 2 is 2.07 bits per heavy atom. The molecule has 0 radical (unpaired) electrons. The third-order valence-electron chi connectivity index (χ3n) is 2.04. The smallest absolute Gasteiger partial charge is 0.142 e. The van der Waals surface area contributed by atoms with E-state index in [0.717, 1.165) is 18.8 Å². The second-order valence-electron chi connectivity index (χ2n) is 3.08. The van der Waals surface area contributed by atoms with Crippen LogP contribution in [-0.4, -0.2) is 29.7 Å². The molecule has 1 saturated heterocycles. The highest BCUT2D eigenvalue weighted by molar-refractivity contribution is 6.30. The predicted octanol–water partition coefficient (Wildman–Crippen LogP) is 2.62. The van der Waals surface area contributed by atoms with E-state index in [1.807, 2.05) is 0 Å². The molecule has 1 aromatic heterocycles. The fourth-order valence-electron chi connectivity index (χ4n) is 1.15. The second-order valence-corrected chi connectivity index (χ2v) is 3.52. The largest absolute Gasteiger partial charge is 0.476 e. The predicted molar refractivity (Wildman–Crippen MR) is 65.4 cm³/mol. The molecule has 0 aromatic carbocycles. The molecule has 86 valence electrons. The first kappa shape index (κ1) is 14.8. The van der Waals surface area contributed by atoms with Gasteiger partial charge in [-0.3, -0.25) is 9.88 Å². The summed E-state index contributed by atoms with van der Waals surface area (Å²) < 4.78 is 5.47. The topological polar surface area (TPSA) is 25.4 Å². The van der Waals surface area contributed by atoms with Gasteiger partial charge in [-0.2, -0.15) is 0 Å². The number of rotatable bonds is 3. The molecule has 0 spiro atoms. The highest BCUT2D eigenvalue weighted by atomic mass is 35.5. The van der Waals surface area contributed by atoms with Crippen LogP contribution in [0.1, 0.15) is 6.42 Å². The van der Waals surface area contributed by atoms with Gasteiger partial charge in [-0.1, -0.05) is 11.6 Å². The molecule has 1 aliphatic heterocycles. The Hall–Kier alpha value is -0.220. The molecule has 1 aromatic rings. The van der Waals surface area contributed by atoms with E-state index < -0.39 is 0 Å². The van der Waals surface area contributed by atoms with E-state index in [2.05, 4.69) is 9.88 Å². The fraction of sp³-hybridized carbons (Fsp3) is 0.444. The molecule has 15 heavy (non-hydrogen) atoms. The molecule has 2 rings (SSSR count). The normalized spacial score (nSPS) is 14.5. The van der Waals surface area contributed by atoms with Crippen molar-refractivity contribution in [1.82, 2.24) is 9.88 Å². The molecule has 3 nitrogen and oxygen atoms in total. The molecule has 6 heteroatoms. The maximum absolute atomic E-state index is 5.75. The Balaban J connectivity index is 0.000000980. The van der Waals surface area contributed by atoms with E-state index in [1.54, 1.807) is 18.5 Å². The number of likely N-dealkylation sites (tertiary alicyclic amines) is 1. The summed E-state index contributed by atoms with van der Waals surface area (Å²) in [5.41, 5.74) is 0. The van der Waals surface area contributed by atoms with Gasteiger partial charge < -0.3 is 4.74 Å². The summed E-state index contributed by atoms with van der Waals surface area (Å²) in [7, 11) is 0. The van der Waals surface area contributed by atoms with Crippen LogP contribution in [0.2, 0.25) is 5.02 Å². The number of halogens is 3. The molecule has 0 amide bonds. The molecule has 0 N–H and O–H groups in total. The lowest BCUT2D eigenvalue weighted by atomic mass is 10.2. The zero-order valence-electron chi connectivity index (χ0n) is 8.06. The van der Waals surface area contributed by atoms with Gasteiger partial charge >= 0.3 is 0 Å². The van der Waals surface area contributed by atoms with Crippen molar-refractivity contribution in [1.29, 1.82) is 0 Å². The van der Waals surface area contributed by atoms with Crippen LogP contribution in [-0.2, 0) is 0 Å². The summed E-state index contributed by atoms with van der Waals surface area (Å²) >= 11 is 5.75. The first-order chi connectivity index (χ1) is 6.34. The van der Waals surface area contributed by atoms with Crippen molar-refractivity contribution < 1.29 is 4.74 Å². The minimum absolute atomic E-state index is 0. The average Bonchev–Trinajstić information content (AvgIpc) is 2.01. The van der Waals surface area contributed by atoms with E-state index >= 15 is 0 Å². The number of hydrogen-bond acceptors (Lipinski definition) is 3. The van der Waals surface area contributed by atoms with Crippen LogP contribution >= 0.6 is 36.4 Å². The lowest BCUT2D eigenvalue weighted by molar-refractivity contribution is 0.0728. The van der Waals surface area contributed by atoms with Gasteiger partial charge in [-0.05, 0) is 6.42 Å². The zero-order valence-corrected chi connectivity index (χ0v) is 10.4. The lowest BCUT2D eigenvalue weighted by Crippen LogP contribution is -2.39. The van der Waals surface area contributed by atoms with Crippen molar-refractivity contribution in [2.45, 2.75) is 6.42 Å². The molecule has 1 aliphatic rings. The van der Waals surface area contributed by atoms with E-state index in [1.165, 1.54) is 6.42 Å². The monoisotopic (exact) mass is 270 g/mol. The molecular weight excluding hydrogens is 258 g/mol. The van der Waals surface area contributed by atoms with Gasteiger partial charge in [0, 0.05) is 25.4 Å². The number of ether oxygens (including phenoxy) is 1. The summed E-state index contributed by atoms with van der Waals surface area (Å²) in [4.78, 5) is 6.15.